The molecule has 7 heteroatoms. The fourth-order valence-corrected chi connectivity index (χ4v) is 3.12. The van der Waals surface area contributed by atoms with Crippen molar-refractivity contribution in [3.63, 3.8) is 0 Å². The summed E-state index contributed by atoms with van der Waals surface area (Å²) in [6, 6.07) is 19.4. The minimum Gasteiger partial charge on any atom is -0.422 e. The van der Waals surface area contributed by atoms with Crippen LogP contribution < -0.4 is 10.9 Å². The lowest BCUT2D eigenvalue weighted by Gasteiger charge is -2.13. The Labute approximate surface area is 168 Å². The number of hydrogen-bond donors (Lipinski definition) is 1. The van der Waals surface area contributed by atoms with Gasteiger partial charge in [-0.25, -0.2) is 4.79 Å². The smallest absolute Gasteiger partial charge is 0.418 e. The van der Waals surface area contributed by atoms with Gasteiger partial charge in [0.15, 0.2) is 0 Å². The maximum Gasteiger partial charge on any atom is 0.418 e. The van der Waals surface area contributed by atoms with Crippen LogP contribution in [0.3, 0.4) is 0 Å². The van der Waals surface area contributed by atoms with Crippen LogP contribution in [0.4, 0.5) is 18.9 Å². The van der Waals surface area contributed by atoms with Crippen molar-refractivity contribution in [3.8, 4) is 11.1 Å². The van der Waals surface area contributed by atoms with Crippen LogP contribution >= 0.6 is 0 Å². The van der Waals surface area contributed by atoms with E-state index in [0.29, 0.717) is 16.5 Å². The number of benzene rings is 3. The van der Waals surface area contributed by atoms with Crippen molar-refractivity contribution in [1.29, 1.82) is 0 Å². The van der Waals surface area contributed by atoms with E-state index in [1.807, 2.05) is 0 Å². The lowest BCUT2D eigenvalue weighted by atomic mass is 10.0. The van der Waals surface area contributed by atoms with Crippen LogP contribution in [0.25, 0.3) is 22.1 Å². The van der Waals surface area contributed by atoms with Crippen molar-refractivity contribution in [1.82, 2.24) is 0 Å². The number of carbonyl (C=O) groups is 1. The van der Waals surface area contributed by atoms with Crippen LogP contribution in [-0.4, -0.2) is 5.91 Å². The number of halogens is 3. The standard InChI is InChI=1S/C23H14F3NO3/c24-23(25,26)18-9-2-3-10-19(18)27-21(28)16-8-5-7-14(12-16)17-13-15-6-1-4-11-20(15)30-22(17)29/h1-13H,(H,27,28). The van der Waals surface area contributed by atoms with E-state index in [9.17, 15) is 22.8 Å². The van der Waals surface area contributed by atoms with Gasteiger partial charge in [-0.2, -0.15) is 13.2 Å². The molecule has 0 aliphatic heterocycles. The molecule has 4 aromatic rings. The molecular formula is C23H14F3NO3. The van der Waals surface area contributed by atoms with Crippen LogP contribution in [0.5, 0.6) is 0 Å². The van der Waals surface area contributed by atoms with Crippen LogP contribution in [0.1, 0.15) is 15.9 Å². The number of nitrogens with one attached hydrogen (secondary N) is 1. The molecule has 1 aromatic heterocycles. The Hall–Kier alpha value is -3.87. The molecule has 0 radical (unpaired) electrons. The van der Waals surface area contributed by atoms with Gasteiger partial charge in [0.25, 0.3) is 5.91 Å². The number of fused-ring (bicyclic) bond motifs is 1. The lowest BCUT2D eigenvalue weighted by molar-refractivity contribution is -0.136. The van der Waals surface area contributed by atoms with Crippen molar-refractivity contribution >= 4 is 22.6 Å². The normalized spacial score (nSPS) is 11.4. The summed E-state index contributed by atoms with van der Waals surface area (Å²) in [6.45, 7) is 0. The van der Waals surface area contributed by atoms with Crippen molar-refractivity contribution in [2.45, 2.75) is 6.18 Å². The molecule has 0 saturated heterocycles. The highest BCUT2D eigenvalue weighted by atomic mass is 19.4. The quantitative estimate of drug-likeness (QED) is 0.440. The van der Waals surface area contributed by atoms with Crippen molar-refractivity contribution in [2.75, 3.05) is 5.32 Å². The van der Waals surface area contributed by atoms with Gasteiger partial charge in [-0.15, -0.1) is 0 Å². The average molecular weight is 409 g/mol. The molecule has 0 spiro atoms. The van der Waals surface area contributed by atoms with E-state index >= 15 is 0 Å². The first kappa shape index (κ1) is 19.4. The molecular weight excluding hydrogens is 395 g/mol. The van der Waals surface area contributed by atoms with E-state index in [2.05, 4.69) is 5.32 Å². The molecule has 0 saturated carbocycles. The van der Waals surface area contributed by atoms with Crippen LogP contribution in [0.2, 0.25) is 0 Å². The second-order valence-electron chi connectivity index (χ2n) is 6.56. The SMILES string of the molecule is O=C(Nc1ccccc1C(F)(F)F)c1cccc(-c2cc3ccccc3oc2=O)c1. The number of carbonyl (C=O) groups excluding carboxylic acids is 1. The van der Waals surface area contributed by atoms with Gasteiger partial charge in [-0.1, -0.05) is 42.5 Å². The number of hydrogen-bond acceptors (Lipinski definition) is 3. The van der Waals surface area contributed by atoms with Gasteiger partial charge in [0.2, 0.25) is 0 Å². The van der Waals surface area contributed by atoms with Gasteiger partial charge in [0.1, 0.15) is 5.58 Å². The molecule has 4 nitrogen and oxygen atoms in total. The second-order valence-corrected chi connectivity index (χ2v) is 6.56. The van der Waals surface area contributed by atoms with E-state index < -0.39 is 23.3 Å². The van der Waals surface area contributed by atoms with Gasteiger partial charge in [-0.3, -0.25) is 4.79 Å². The van der Waals surface area contributed by atoms with E-state index in [0.717, 1.165) is 6.07 Å². The number of alkyl halides is 3. The van der Waals surface area contributed by atoms with E-state index in [1.165, 1.54) is 30.3 Å². The van der Waals surface area contributed by atoms with Gasteiger partial charge >= 0.3 is 11.8 Å². The maximum absolute atomic E-state index is 13.2. The number of anilines is 1. The summed E-state index contributed by atoms with van der Waals surface area (Å²) in [5.41, 5.74) is -0.643. The van der Waals surface area contributed by atoms with Gasteiger partial charge < -0.3 is 9.73 Å². The minimum absolute atomic E-state index is 0.108. The lowest BCUT2D eigenvalue weighted by Crippen LogP contribution is -2.16. The fraction of sp³-hybridized carbons (Fsp3) is 0.0435. The Kier molecular flexibility index (Phi) is 4.87. The topological polar surface area (TPSA) is 59.3 Å². The summed E-state index contributed by atoms with van der Waals surface area (Å²) in [7, 11) is 0. The molecule has 0 atom stereocenters. The van der Waals surface area contributed by atoms with Gasteiger partial charge in [0.05, 0.1) is 16.8 Å². The predicted molar refractivity (Wildman–Crippen MR) is 107 cm³/mol. The molecule has 150 valence electrons. The molecule has 1 N–H and O–H groups in total. The number of rotatable bonds is 3. The molecule has 3 aromatic carbocycles. The molecule has 4 rings (SSSR count). The first-order valence-corrected chi connectivity index (χ1v) is 8.94. The molecule has 0 bridgehead atoms. The van der Waals surface area contributed by atoms with Crippen molar-refractivity contribution in [2.24, 2.45) is 0 Å². The molecule has 0 aliphatic carbocycles. The highest BCUT2D eigenvalue weighted by Crippen LogP contribution is 2.34. The average Bonchev–Trinajstić information content (AvgIpc) is 2.73. The van der Waals surface area contributed by atoms with Crippen LogP contribution in [0, 0.1) is 0 Å². The predicted octanol–water partition coefficient (Wildman–Crippen LogP) is 5.73. The summed E-state index contributed by atoms with van der Waals surface area (Å²) in [5.74, 6) is -0.723. The number of amides is 1. The first-order valence-electron chi connectivity index (χ1n) is 8.94. The summed E-state index contributed by atoms with van der Waals surface area (Å²) in [4.78, 5) is 25.0. The first-order chi connectivity index (χ1) is 14.3. The van der Waals surface area contributed by atoms with Gasteiger partial charge in [-0.05, 0) is 42.0 Å². The largest absolute Gasteiger partial charge is 0.422 e. The zero-order valence-electron chi connectivity index (χ0n) is 15.4. The highest BCUT2D eigenvalue weighted by molar-refractivity contribution is 6.05. The third kappa shape index (κ3) is 3.82. The molecule has 1 amide bonds. The minimum atomic E-state index is -4.60. The Balaban J connectivity index is 1.69. The Morgan fingerprint density at radius 3 is 2.40 bits per heavy atom. The van der Waals surface area contributed by atoms with Crippen LogP contribution in [0.15, 0.2) is 88.1 Å². The Morgan fingerprint density at radius 1 is 0.867 bits per heavy atom. The monoisotopic (exact) mass is 409 g/mol. The van der Waals surface area contributed by atoms with Crippen molar-refractivity contribution in [3.05, 3.63) is 100 Å². The summed E-state index contributed by atoms with van der Waals surface area (Å²) >= 11 is 0. The number of para-hydroxylation sites is 2. The summed E-state index contributed by atoms with van der Waals surface area (Å²) < 4.78 is 44.8. The zero-order chi connectivity index (χ0) is 21.3. The maximum atomic E-state index is 13.2. The van der Waals surface area contributed by atoms with E-state index in [-0.39, 0.29) is 16.8 Å². The fourth-order valence-electron chi connectivity index (χ4n) is 3.12. The van der Waals surface area contributed by atoms with Crippen LogP contribution in [-0.2, 0) is 6.18 Å². The zero-order valence-corrected chi connectivity index (χ0v) is 15.4. The molecule has 1 heterocycles. The summed E-state index contributed by atoms with van der Waals surface area (Å²) in [6.07, 6.45) is -4.60. The van der Waals surface area contributed by atoms with E-state index in [4.69, 9.17) is 4.42 Å². The third-order valence-electron chi connectivity index (χ3n) is 4.56. The highest BCUT2D eigenvalue weighted by Gasteiger charge is 2.33. The van der Waals surface area contributed by atoms with Gasteiger partial charge in [0, 0.05) is 10.9 Å². The third-order valence-corrected chi connectivity index (χ3v) is 4.56. The second kappa shape index (κ2) is 7.51. The Morgan fingerprint density at radius 2 is 1.60 bits per heavy atom. The molecule has 0 unspecified atom stereocenters. The van der Waals surface area contributed by atoms with Crippen molar-refractivity contribution < 1.29 is 22.4 Å². The molecule has 0 fully saturated rings. The molecule has 0 aliphatic rings. The summed E-state index contributed by atoms with van der Waals surface area (Å²) in [5, 5.41) is 3.01. The Bertz CT molecular complexity index is 1310. The van der Waals surface area contributed by atoms with E-state index in [1.54, 1.807) is 42.5 Å². The molecule has 30 heavy (non-hydrogen) atoms.